The Morgan fingerprint density at radius 1 is 1.03 bits per heavy atom. The van der Waals surface area contributed by atoms with Crippen LogP contribution in [0.1, 0.15) is 70.1 Å². The number of nitrogens with one attached hydrogen (secondary N) is 2. The number of carbonyl (C=O) groups excluding carboxylic acids is 1. The number of benzene rings is 2. The topological polar surface area (TPSA) is 72.1 Å². The first kappa shape index (κ1) is 28.9. The second-order valence-corrected chi connectivity index (χ2v) is 12.7. The molecule has 2 aliphatic rings. The largest absolute Gasteiger partial charge is 0.377 e. The van der Waals surface area contributed by atoms with Gasteiger partial charge in [-0.2, -0.15) is 0 Å². The summed E-state index contributed by atoms with van der Waals surface area (Å²) in [4.78, 5) is 15.7. The van der Waals surface area contributed by atoms with Gasteiger partial charge in [0.15, 0.2) is 0 Å². The summed E-state index contributed by atoms with van der Waals surface area (Å²) < 4.78 is 18.7. The molecule has 0 saturated carbocycles. The molecule has 4 rings (SSSR count). The van der Waals surface area contributed by atoms with Crippen molar-refractivity contribution in [1.29, 1.82) is 0 Å². The molecule has 208 valence electrons. The lowest BCUT2D eigenvalue weighted by Gasteiger charge is -2.46. The summed E-state index contributed by atoms with van der Waals surface area (Å²) in [5.74, 6) is -0.562. The van der Waals surface area contributed by atoms with Gasteiger partial charge < -0.3 is 29.7 Å². The van der Waals surface area contributed by atoms with Gasteiger partial charge in [0.2, 0.25) is 5.79 Å². The molecule has 0 spiro atoms. The number of carbonyl (C=O) groups is 1. The first-order valence-electron chi connectivity index (χ1n) is 13.6. The van der Waals surface area contributed by atoms with Crippen LogP contribution in [0.15, 0.2) is 42.5 Å². The van der Waals surface area contributed by atoms with Gasteiger partial charge in [0.1, 0.15) is 4.95 Å². The van der Waals surface area contributed by atoms with Crippen LogP contribution in [0.2, 0.25) is 0 Å². The van der Waals surface area contributed by atoms with Gasteiger partial charge in [-0.3, -0.25) is 0 Å². The van der Waals surface area contributed by atoms with Gasteiger partial charge in [0.25, 0.3) is 0 Å². The van der Waals surface area contributed by atoms with Gasteiger partial charge >= 0.3 is 6.03 Å². The van der Waals surface area contributed by atoms with Crippen LogP contribution in [0.5, 0.6) is 0 Å². The van der Waals surface area contributed by atoms with Crippen LogP contribution >= 0.6 is 15.9 Å². The minimum Gasteiger partial charge on any atom is -0.377 e. The summed E-state index contributed by atoms with van der Waals surface area (Å²) in [6, 6.07) is 14.1. The monoisotopic (exact) mass is 587 g/mol. The van der Waals surface area contributed by atoms with E-state index < -0.39 is 5.79 Å². The third-order valence-electron chi connectivity index (χ3n) is 7.18. The van der Waals surface area contributed by atoms with Crippen LogP contribution in [0.25, 0.3) is 0 Å². The van der Waals surface area contributed by atoms with Gasteiger partial charge in [0.05, 0.1) is 33.0 Å². The number of nitrogens with zero attached hydrogens (tertiary/aromatic N) is 1. The molecular weight excluding hydrogens is 546 g/mol. The highest BCUT2D eigenvalue weighted by Crippen LogP contribution is 2.41. The second-order valence-electron chi connectivity index (χ2n) is 11.6. The van der Waals surface area contributed by atoms with E-state index in [4.69, 9.17) is 14.2 Å². The molecule has 2 aromatic rings. The van der Waals surface area contributed by atoms with Crippen LogP contribution in [0.4, 0.5) is 16.2 Å². The highest BCUT2D eigenvalue weighted by Gasteiger charge is 2.45. The fourth-order valence-electron chi connectivity index (χ4n) is 5.00. The first-order chi connectivity index (χ1) is 18.0. The number of rotatable bonds is 7. The number of halogens is 1. The number of alkyl halides is 1. The van der Waals surface area contributed by atoms with Crippen molar-refractivity contribution >= 4 is 33.3 Å². The molecule has 7 nitrogen and oxygen atoms in total. The molecule has 38 heavy (non-hydrogen) atoms. The summed E-state index contributed by atoms with van der Waals surface area (Å²) >= 11 is 3.76. The van der Waals surface area contributed by atoms with Crippen LogP contribution in [0.3, 0.4) is 0 Å². The van der Waals surface area contributed by atoms with E-state index in [0.717, 1.165) is 34.6 Å². The van der Waals surface area contributed by atoms with Crippen molar-refractivity contribution in [2.24, 2.45) is 5.41 Å². The maximum absolute atomic E-state index is 13.4. The van der Waals surface area contributed by atoms with E-state index in [1.54, 1.807) is 0 Å². The predicted molar refractivity (Wildman–Crippen MR) is 156 cm³/mol. The van der Waals surface area contributed by atoms with Gasteiger partial charge in [0, 0.05) is 28.9 Å². The molecule has 1 atom stereocenters. The van der Waals surface area contributed by atoms with Crippen molar-refractivity contribution in [2.45, 2.75) is 64.1 Å². The number of amides is 2. The van der Waals surface area contributed by atoms with Crippen molar-refractivity contribution in [3.63, 3.8) is 0 Å². The molecule has 2 fully saturated rings. The Hall–Kier alpha value is -2.13. The lowest BCUT2D eigenvalue weighted by atomic mass is 9.92. The third-order valence-corrected chi connectivity index (χ3v) is 7.94. The number of urea groups is 1. The van der Waals surface area contributed by atoms with Crippen molar-refractivity contribution < 1.29 is 19.0 Å². The average molecular weight is 589 g/mol. The molecule has 2 aromatic carbocycles. The summed E-state index contributed by atoms with van der Waals surface area (Å²) in [7, 11) is 0. The standard InChI is InChI=1S/C30H42BrN3O4/c1-20(2)22-10-9-11-23(21(3)4)27(22)33-28(35)32-17-30(37-18-29(5,6)19-38-30)24-12-7-8-13-25(24)34-14-15-36-16-26(34)31/h7-13,20-21,26H,14-19H2,1-6H3,(H2,32,33,35). The van der Waals surface area contributed by atoms with Crippen molar-refractivity contribution in [2.75, 3.05) is 49.7 Å². The lowest BCUT2D eigenvalue weighted by Crippen LogP contribution is -2.53. The summed E-state index contributed by atoms with van der Waals surface area (Å²) in [5, 5.41) is 6.24. The van der Waals surface area contributed by atoms with E-state index in [1.165, 1.54) is 0 Å². The average Bonchev–Trinajstić information content (AvgIpc) is 2.88. The summed E-state index contributed by atoms with van der Waals surface area (Å²) in [5.41, 5.74) is 4.90. The van der Waals surface area contributed by atoms with E-state index in [1.807, 2.05) is 18.2 Å². The fourth-order valence-corrected chi connectivity index (χ4v) is 5.61. The van der Waals surface area contributed by atoms with Crippen molar-refractivity contribution in [3.05, 3.63) is 59.2 Å². The highest BCUT2D eigenvalue weighted by molar-refractivity contribution is 9.09. The second kappa shape index (κ2) is 11.9. The molecule has 2 aliphatic heterocycles. The Bertz CT molecular complexity index is 1080. The first-order valence-corrected chi connectivity index (χ1v) is 14.5. The maximum atomic E-state index is 13.4. The number of ether oxygens (including phenoxy) is 3. The Morgan fingerprint density at radius 2 is 1.66 bits per heavy atom. The highest BCUT2D eigenvalue weighted by atomic mass is 79.9. The number of hydrogen-bond donors (Lipinski definition) is 2. The molecule has 1 unspecified atom stereocenters. The van der Waals surface area contributed by atoms with E-state index in [2.05, 4.69) is 97.3 Å². The zero-order chi connectivity index (χ0) is 27.5. The Balaban J connectivity index is 1.62. The van der Waals surface area contributed by atoms with Crippen molar-refractivity contribution in [3.8, 4) is 0 Å². The van der Waals surface area contributed by atoms with E-state index in [-0.39, 0.29) is 34.8 Å². The number of para-hydroxylation sites is 2. The van der Waals surface area contributed by atoms with Gasteiger partial charge in [-0.25, -0.2) is 4.79 Å². The van der Waals surface area contributed by atoms with Crippen molar-refractivity contribution in [1.82, 2.24) is 5.32 Å². The van der Waals surface area contributed by atoms with Crippen LogP contribution in [-0.4, -0.2) is 50.5 Å². The van der Waals surface area contributed by atoms with Crippen LogP contribution in [0, 0.1) is 5.41 Å². The smallest absolute Gasteiger partial charge is 0.319 e. The molecule has 2 N–H and O–H groups in total. The molecule has 0 aliphatic carbocycles. The number of morpholine rings is 1. The minimum atomic E-state index is -1.12. The predicted octanol–water partition coefficient (Wildman–Crippen LogP) is 6.54. The number of anilines is 2. The molecule has 0 radical (unpaired) electrons. The fraction of sp³-hybridized carbons (Fsp3) is 0.567. The molecular formula is C30H42BrN3O4. The van der Waals surface area contributed by atoms with Gasteiger partial charge in [-0.15, -0.1) is 0 Å². The lowest BCUT2D eigenvalue weighted by molar-refractivity contribution is -0.303. The van der Waals surface area contributed by atoms with Crippen LogP contribution < -0.4 is 15.5 Å². The van der Waals surface area contributed by atoms with Gasteiger partial charge in [-0.05, 0) is 29.0 Å². The SMILES string of the molecule is CC(C)c1cccc(C(C)C)c1NC(=O)NCC1(c2ccccc2N2CCOCC2Br)OCC(C)(C)CO1. The molecule has 2 amide bonds. The van der Waals surface area contributed by atoms with E-state index in [0.29, 0.717) is 26.4 Å². The Labute approximate surface area is 235 Å². The molecule has 8 heteroatoms. The molecule has 2 heterocycles. The zero-order valence-electron chi connectivity index (χ0n) is 23.5. The quantitative estimate of drug-likeness (QED) is 0.284. The maximum Gasteiger partial charge on any atom is 0.319 e. The number of hydrogen-bond acceptors (Lipinski definition) is 5. The molecule has 0 aromatic heterocycles. The normalized spacial score (nSPS) is 21.0. The van der Waals surface area contributed by atoms with E-state index in [9.17, 15) is 4.79 Å². The molecule has 0 bridgehead atoms. The zero-order valence-corrected chi connectivity index (χ0v) is 25.1. The summed E-state index contributed by atoms with van der Waals surface area (Å²) in [6.07, 6.45) is 0. The van der Waals surface area contributed by atoms with E-state index >= 15 is 0 Å². The Kier molecular flexibility index (Phi) is 9.07. The minimum absolute atomic E-state index is 0.0349. The summed E-state index contributed by atoms with van der Waals surface area (Å²) in [6.45, 7) is 16.0. The van der Waals surface area contributed by atoms with Crippen LogP contribution in [-0.2, 0) is 20.0 Å². The third kappa shape index (κ3) is 6.36. The Morgan fingerprint density at radius 3 is 2.26 bits per heavy atom. The molecule has 2 saturated heterocycles. The van der Waals surface area contributed by atoms with Gasteiger partial charge in [-0.1, -0.05) is 93.9 Å².